The highest BCUT2D eigenvalue weighted by Crippen LogP contribution is 2.34. The summed E-state index contributed by atoms with van der Waals surface area (Å²) in [5, 5.41) is 4.79. The Bertz CT molecular complexity index is 1150. The third-order valence-corrected chi connectivity index (χ3v) is 6.21. The molecule has 3 aromatic rings. The molecule has 0 bridgehead atoms. The molecule has 1 aromatic heterocycles. The number of anilines is 2. The van der Waals surface area contributed by atoms with Crippen LogP contribution >= 0.6 is 11.3 Å². The lowest BCUT2D eigenvalue weighted by Crippen LogP contribution is -2.49. The number of rotatable bonds is 7. The van der Waals surface area contributed by atoms with Gasteiger partial charge in [0.05, 0.1) is 19.2 Å². The Morgan fingerprint density at radius 1 is 1.12 bits per heavy atom. The van der Waals surface area contributed by atoms with Crippen LogP contribution in [0.3, 0.4) is 0 Å². The maximum Gasteiger partial charge on any atom is 0.324 e. The molecule has 33 heavy (non-hydrogen) atoms. The van der Waals surface area contributed by atoms with E-state index in [-0.39, 0.29) is 24.9 Å². The van der Waals surface area contributed by atoms with E-state index in [2.05, 4.69) is 5.32 Å². The van der Waals surface area contributed by atoms with E-state index in [1.807, 2.05) is 17.5 Å². The number of benzene rings is 2. The van der Waals surface area contributed by atoms with Gasteiger partial charge >= 0.3 is 6.03 Å². The van der Waals surface area contributed by atoms with Crippen molar-refractivity contribution < 1.29 is 23.1 Å². The van der Waals surface area contributed by atoms with Crippen molar-refractivity contribution in [1.82, 2.24) is 4.90 Å². The highest BCUT2D eigenvalue weighted by atomic mass is 32.1. The largest absolute Gasteiger partial charge is 0.495 e. The van der Waals surface area contributed by atoms with Crippen molar-refractivity contribution in [2.45, 2.75) is 19.4 Å². The number of nitrogens with one attached hydrogen (secondary N) is 1. The minimum Gasteiger partial charge on any atom is -0.495 e. The summed E-state index contributed by atoms with van der Waals surface area (Å²) >= 11 is 1.51. The van der Waals surface area contributed by atoms with Gasteiger partial charge in [-0.15, -0.1) is 11.3 Å². The van der Waals surface area contributed by atoms with Crippen LogP contribution in [-0.4, -0.2) is 37.0 Å². The van der Waals surface area contributed by atoms with E-state index in [1.54, 1.807) is 28.0 Å². The van der Waals surface area contributed by atoms with Crippen LogP contribution in [0, 0.1) is 11.6 Å². The van der Waals surface area contributed by atoms with E-state index in [0.717, 1.165) is 17.0 Å². The van der Waals surface area contributed by atoms with Gasteiger partial charge in [-0.3, -0.25) is 9.69 Å². The Hall–Kier alpha value is -3.46. The molecule has 0 unspecified atom stereocenters. The summed E-state index contributed by atoms with van der Waals surface area (Å²) in [6, 6.07) is 12.3. The number of hydrogen-bond donors (Lipinski definition) is 1. The van der Waals surface area contributed by atoms with Crippen molar-refractivity contribution in [1.29, 1.82) is 0 Å². The number of thiophene rings is 1. The number of methoxy groups -OCH3 is 1. The Balaban J connectivity index is 1.52. The van der Waals surface area contributed by atoms with Crippen LogP contribution in [0.1, 0.15) is 16.9 Å². The minimum atomic E-state index is -0.943. The van der Waals surface area contributed by atoms with Gasteiger partial charge in [0, 0.05) is 30.2 Å². The zero-order chi connectivity index (χ0) is 23.4. The highest BCUT2D eigenvalue weighted by molar-refractivity contribution is 7.10. The molecule has 0 aliphatic carbocycles. The van der Waals surface area contributed by atoms with Gasteiger partial charge in [0.25, 0.3) is 0 Å². The molecule has 1 aliphatic heterocycles. The number of carbonyl (C=O) groups excluding carboxylic acids is 2. The lowest BCUT2D eigenvalue weighted by molar-refractivity contribution is -0.115. The van der Waals surface area contributed by atoms with Crippen LogP contribution in [0.2, 0.25) is 0 Å². The molecule has 0 atom stereocenters. The van der Waals surface area contributed by atoms with E-state index in [0.29, 0.717) is 42.2 Å². The summed E-state index contributed by atoms with van der Waals surface area (Å²) < 4.78 is 32.3. The lowest BCUT2D eigenvalue weighted by Gasteiger charge is -2.36. The van der Waals surface area contributed by atoms with E-state index in [1.165, 1.54) is 24.5 Å². The number of halogens is 2. The Morgan fingerprint density at radius 3 is 2.70 bits per heavy atom. The van der Waals surface area contributed by atoms with Crippen LogP contribution in [0.5, 0.6) is 5.75 Å². The summed E-state index contributed by atoms with van der Waals surface area (Å²) in [5.41, 5.74) is 1.59. The van der Waals surface area contributed by atoms with Crippen molar-refractivity contribution >= 4 is 34.6 Å². The molecule has 2 aromatic carbocycles. The predicted molar refractivity (Wildman–Crippen MR) is 124 cm³/mol. The van der Waals surface area contributed by atoms with E-state index in [9.17, 15) is 18.4 Å². The Labute approximate surface area is 194 Å². The third kappa shape index (κ3) is 5.31. The van der Waals surface area contributed by atoms with Crippen molar-refractivity contribution in [2.24, 2.45) is 0 Å². The van der Waals surface area contributed by atoms with Crippen molar-refractivity contribution in [3.05, 3.63) is 76.0 Å². The predicted octanol–water partition coefficient (Wildman–Crippen LogP) is 5.05. The molecular weight excluding hydrogens is 448 g/mol. The smallest absolute Gasteiger partial charge is 0.324 e. The maximum absolute atomic E-state index is 13.6. The van der Waals surface area contributed by atoms with Gasteiger partial charge in [0.15, 0.2) is 11.6 Å². The van der Waals surface area contributed by atoms with Crippen molar-refractivity contribution in [3.8, 4) is 5.75 Å². The summed E-state index contributed by atoms with van der Waals surface area (Å²) in [7, 11) is 1.52. The second-order valence-electron chi connectivity index (χ2n) is 7.65. The van der Waals surface area contributed by atoms with Crippen LogP contribution in [0.25, 0.3) is 0 Å². The molecule has 4 rings (SSSR count). The average molecular weight is 472 g/mol. The molecule has 0 spiro atoms. The topological polar surface area (TPSA) is 61.9 Å². The van der Waals surface area contributed by atoms with Gasteiger partial charge in [-0.25, -0.2) is 13.6 Å². The zero-order valence-electron chi connectivity index (χ0n) is 18.0. The summed E-state index contributed by atoms with van der Waals surface area (Å²) in [6.45, 7) is 1.12. The fraction of sp³-hybridized carbons (Fsp3) is 0.250. The van der Waals surface area contributed by atoms with Gasteiger partial charge in [-0.05, 0) is 53.8 Å². The van der Waals surface area contributed by atoms with Crippen LogP contribution in [0.4, 0.5) is 25.0 Å². The molecule has 9 heteroatoms. The number of carbonyl (C=O) groups is 2. The van der Waals surface area contributed by atoms with Gasteiger partial charge in [-0.2, -0.15) is 0 Å². The van der Waals surface area contributed by atoms with Crippen molar-refractivity contribution in [3.63, 3.8) is 0 Å². The lowest BCUT2D eigenvalue weighted by atomic mass is 10.1. The molecule has 1 aliphatic rings. The average Bonchev–Trinajstić information content (AvgIpc) is 3.30. The zero-order valence-corrected chi connectivity index (χ0v) is 18.8. The van der Waals surface area contributed by atoms with E-state index < -0.39 is 11.6 Å². The van der Waals surface area contributed by atoms with E-state index in [4.69, 9.17) is 4.74 Å². The van der Waals surface area contributed by atoms with Crippen molar-refractivity contribution in [2.75, 3.05) is 30.4 Å². The molecule has 172 valence electrons. The summed E-state index contributed by atoms with van der Waals surface area (Å²) in [4.78, 5) is 29.8. The van der Waals surface area contributed by atoms with Gasteiger partial charge in [-0.1, -0.05) is 12.1 Å². The standard InChI is InChI=1S/C24H23F2N3O3S/c1-32-22-8-6-17(27-23(30)14-18-4-2-11-33-18)13-21(22)29-10-3-9-28(24(29)31)15-16-5-7-19(25)20(26)12-16/h2,4-8,11-13H,3,9-10,14-15H2,1H3,(H,27,30). The highest BCUT2D eigenvalue weighted by Gasteiger charge is 2.29. The number of ether oxygens (including phenoxy) is 1. The first kappa shape index (κ1) is 22.7. The summed E-state index contributed by atoms with van der Waals surface area (Å²) in [5.74, 6) is -1.53. The molecule has 0 radical (unpaired) electrons. The number of hydrogen-bond acceptors (Lipinski definition) is 4. The molecule has 1 fully saturated rings. The number of urea groups is 1. The first-order valence-corrected chi connectivity index (χ1v) is 11.3. The molecule has 1 saturated heterocycles. The molecule has 3 amide bonds. The summed E-state index contributed by atoms with van der Waals surface area (Å²) in [6.07, 6.45) is 0.956. The fourth-order valence-electron chi connectivity index (χ4n) is 3.77. The minimum absolute atomic E-state index is 0.154. The molecule has 2 heterocycles. The van der Waals surface area contributed by atoms with Crippen LogP contribution in [0.15, 0.2) is 53.9 Å². The first-order chi connectivity index (χ1) is 15.9. The van der Waals surface area contributed by atoms with Gasteiger partial charge in [0.1, 0.15) is 5.75 Å². The molecule has 6 nitrogen and oxygen atoms in total. The monoisotopic (exact) mass is 471 g/mol. The SMILES string of the molecule is COc1ccc(NC(=O)Cc2cccs2)cc1N1CCCN(Cc2ccc(F)c(F)c2)C1=O. The normalized spacial score (nSPS) is 13.8. The number of amides is 3. The second-order valence-corrected chi connectivity index (χ2v) is 8.68. The molecule has 1 N–H and O–H groups in total. The van der Waals surface area contributed by atoms with Gasteiger partial charge < -0.3 is 15.0 Å². The molecular formula is C24H23F2N3O3S. The Kier molecular flexibility index (Phi) is 6.88. The van der Waals surface area contributed by atoms with E-state index >= 15 is 0 Å². The third-order valence-electron chi connectivity index (χ3n) is 5.34. The fourth-order valence-corrected chi connectivity index (χ4v) is 4.47. The number of nitrogens with zero attached hydrogens (tertiary/aromatic N) is 2. The molecule has 0 saturated carbocycles. The Morgan fingerprint density at radius 2 is 1.97 bits per heavy atom. The maximum atomic E-state index is 13.6. The first-order valence-electron chi connectivity index (χ1n) is 10.4. The van der Waals surface area contributed by atoms with Gasteiger partial charge in [0.2, 0.25) is 5.91 Å². The second kappa shape index (κ2) is 9.99. The van der Waals surface area contributed by atoms with Crippen LogP contribution in [-0.2, 0) is 17.8 Å². The van der Waals surface area contributed by atoms with Crippen LogP contribution < -0.4 is 15.0 Å². The quantitative estimate of drug-likeness (QED) is 0.525.